The van der Waals surface area contributed by atoms with Gasteiger partial charge in [-0.15, -0.1) is 0 Å². The van der Waals surface area contributed by atoms with E-state index >= 15 is 0 Å². The first-order valence-electron chi connectivity index (χ1n) is 4.15. The fraction of sp³-hybridized carbons (Fsp3) is 1.00. The summed E-state index contributed by atoms with van der Waals surface area (Å²) in [6, 6.07) is 0. The SMILES string of the molecule is COC1CCNC12CCC2. The summed E-state index contributed by atoms with van der Waals surface area (Å²) < 4.78 is 5.41. The molecule has 10 heavy (non-hydrogen) atoms. The van der Waals surface area contributed by atoms with E-state index in [4.69, 9.17) is 4.74 Å². The summed E-state index contributed by atoms with van der Waals surface area (Å²) in [6.07, 6.45) is 5.74. The molecule has 1 N–H and O–H groups in total. The van der Waals surface area contributed by atoms with Crippen molar-refractivity contribution in [2.24, 2.45) is 0 Å². The molecule has 0 aromatic carbocycles. The van der Waals surface area contributed by atoms with Gasteiger partial charge in [-0.1, -0.05) is 0 Å². The molecule has 2 nitrogen and oxygen atoms in total. The van der Waals surface area contributed by atoms with E-state index in [1.54, 1.807) is 0 Å². The van der Waals surface area contributed by atoms with Crippen LogP contribution in [0.5, 0.6) is 0 Å². The molecule has 1 saturated heterocycles. The van der Waals surface area contributed by atoms with Crippen LogP contribution in [-0.4, -0.2) is 25.3 Å². The number of ether oxygens (including phenoxy) is 1. The second-order valence-corrected chi connectivity index (χ2v) is 3.45. The Balaban J connectivity index is 2.05. The van der Waals surface area contributed by atoms with E-state index in [0.29, 0.717) is 11.6 Å². The molecule has 0 bridgehead atoms. The highest BCUT2D eigenvalue weighted by molar-refractivity contribution is 5.06. The van der Waals surface area contributed by atoms with Gasteiger partial charge in [0.2, 0.25) is 0 Å². The Hall–Kier alpha value is -0.0800. The van der Waals surface area contributed by atoms with Gasteiger partial charge in [-0.2, -0.15) is 0 Å². The summed E-state index contributed by atoms with van der Waals surface area (Å²) >= 11 is 0. The van der Waals surface area contributed by atoms with Crippen LogP contribution in [0.3, 0.4) is 0 Å². The lowest BCUT2D eigenvalue weighted by Crippen LogP contribution is -2.53. The molecule has 1 aliphatic carbocycles. The molecule has 0 amide bonds. The zero-order valence-electron chi connectivity index (χ0n) is 6.52. The second kappa shape index (κ2) is 2.21. The maximum Gasteiger partial charge on any atom is 0.0764 e. The first-order chi connectivity index (χ1) is 4.87. The molecule has 2 fully saturated rings. The van der Waals surface area contributed by atoms with Crippen molar-refractivity contribution in [2.75, 3.05) is 13.7 Å². The molecule has 1 saturated carbocycles. The Labute approximate surface area is 61.9 Å². The number of methoxy groups -OCH3 is 1. The van der Waals surface area contributed by atoms with E-state index in [-0.39, 0.29) is 0 Å². The first kappa shape index (κ1) is 6.62. The van der Waals surface area contributed by atoms with E-state index in [1.807, 2.05) is 7.11 Å². The molecule has 0 aromatic rings. The van der Waals surface area contributed by atoms with E-state index < -0.39 is 0 Å². The predicted molar refractivity (Wildman–Crippen MR) is 40.0 cm³/mol. The van der Waals surface area contributed by atoms with Crippen LogP contribution in [0.4, 0.5) is 0 Å². The Kier molecular flexibility index (Phi) is 1.46. The Morgan fingerprint density at radius 2 is 2.30 bits per heavy atom. The van der Waals surface area contributed by atoms with Crippen LogP contribution >= 0.6 is 0 Å². The van der Waals surface area contributed by atoms with Crippen LogP contribution in [0.1, 0.15) is 25.7 Å². The van der Waals surface area contributed by atoms with Gasteiger partial charge >= 0.3 is 0 Å². The molecular weight excluding hydrogens is 126 g/mol. The molecule has 2 rings (SSSR count). The van der Waals surface area contributed by atoms with Crippen molar-refractivity contribution in [3.8, 4) is 0 Å². The lowest BCUT2D eigenvalue weighted by atomic mass is 9.74. The van der Waals surface area contributed by atoms with Gasteiger partial charge in [-0.25, -0.2) is 0 Å². The lowest BCUT2D eigenvalue weighted by molar-refractivity contribution is 0.00767. The summed E-state index contributed by atoms with van der Waals surface area (Å²) in [5.74, 6) is 0. The standard InChI is InChI=1S/C8H15NO/c1-10-7-3-6-9-8(7)4-2-5-8/h7,9H,2-6H2,1H3. The van der Waals surface area contributed by atoms with Crippen LogP contribution in [0.25, 0.3) is 0 Å². The molecule has 2 aliphatic rings. The Morgan fingerprint density at radius 3 is 2.70 bits per heavy atom. The molecule has 1 aliphatic heterocycles. The number of rotatable bonds is 1. The normalized spacial score (nSPS) is 36.3. The minimum atomic E-state index is 0.411. The predicted octanol–water partition coefficient (Wildman–Crippen LogP) is 0.917. The number of hydrogen-bond acceptors (Lipinski definition) is 2. The fourth-order valence-electron chi connectivity index (χ4n) is 2.24. The van der Waals surface area contributed by atoms with Crippen LogP contribution in [0.2, 0.25) is 0 Å². The zero-order valence-corrected chi connectivity index (χ0v) is 6.52. The van der Waals surface area contributed by atoms with E-state index in [9.17, 15) is 0 Å². The maximum absolute atomic E-state index is 5.41. The molecule has 1 heterocycles. The molecule has 1 atom stereocenters. The molecular formula is C8H15NO. The van der Waals surface area contributed by atoms with Crippen LogP contribution in [0, 0.1) is 0 Å². The van der Waals surface area contributed by atoms with Crippen molar-refractivity contribution in [2.45, 2.75) is 37.3 Å². The van der Waals surface area contributed by atoms with Crippen molar-refractivity contribution in [1.29, 1.82) is 0 Å². The molecule has 0 radical (unpaired) electrons. The van der Waals surface area contributed by atoms with Crippen molar-refractivity contribution < 1.29 is 4.74 Å². The summed E-state index contributed by atoms with van der Waals surface area (Å²) in [6.45, 7) is 1.15. The van der Waals surface area contributed by atoms with Gasteiger partial charge in [-0.3, -0.25) is 0 Å². The number of hydrogen-bond donors (Lipinski definition) is 1. The van der Waals surface area contributed by atoms with Gasteiger partial charge in [-0.05, 0) is 32.2 Å². The minimum absolute atomic E-state index is 0.411. The van der Waals surface area contributed by atoms with Crippen LogP contribution in [-0.2, 0) is 4.74 Å². The summed E-state index contributed by atoms with van der Waals surface area (Å²) in [4.78, 5) is 0. The highest BCUT2D eigenvalue weighted by Gasteiger charge is 2.47. The summed E-state index contributed by atoms with van der Waals surface area (Å²) in [5.41, 5.74) is 0.411. The van der Waals surface area contributed by atoms with Gasteiger partial charge in [0.25, 0.3) is 0 Å². The van der Waals surface area contributed by atoms with E-state index in [0.717, 1.165) is 6.54 Å². The topological polar surface area (TPSA) is 21.3 Å². The van der Waals surface area contributed by atoms with Crippen LogP contribution < -0.4 is 5.32 Å². The average Bonchev–Trinajstić information content (AvgIpc) is 2.27. The summed E-state index contributed by atoms with van der Waals surface area (Å²) in [5, 5.41) is 3.55. The van der Waals surface area contributed by atoms with Gasteiger partial charge in [0.1, 0.15) is 0 Å². The quantitative estimate of drug-likeness (QED) is 0.586. The Bertz CT molecular complexity index is 131. The zero-order chi connectivity index (χ0) is 7.03. The minimum Gasteiger partial charge on any atom is -0.379 e. The van der Waals surface area contributed by atoms with Gasteiger partial charge in [0.15, 0.2) is 0 Å². The maximum atomic E-state index is 5.41. The molecule has 2 heteroatoms. The molecule has 0 aromatic heterocycles. The average molecular weight is 141 g/mol. The third kappa shape index (κ3) is 0.722. The lowest BCUT2D eigenvalue weighted by Gasteiger charge is -2.42. The van der Waals surface area contributed by atoms with Gasteiger partial charge in [0, 0.05) is 12.6 Å². The fourth-order valence-corrected chi connectivity index (χ4v) is 2.24. The van der Waals surface area contributed by atoms with E-state index in [1.165, 1.54) is 25.7 Å². The third-order valence-corrected chi connectivity index (χ3v) is 3.03. The third-order valence-electron chi connectivity index (χ3n) is 3.03. The van der Waals surface area contributed by atoms with Gasteiger partial charge in [0.05, 0.1) is 6.10 Å². The highest BCUT2D eigenvalue weighted by atomic mass is 16.5. The number of nitrogens with one attached hydrogen (secondary N) is 1. The monoisotopic (exact) mass is 141 g/mol. The molecule has 1 spiro atoms. The van der Waals surface area contributed by atoms with Crippen molar-refractivity contribution in [1.82, 2.24) is 5.32 Å². The second-order valence-electron chi connectivity index (χ2n) is 3.45. The van der Waals surface area contributed by atoms with Crippen molar-refractivity contribution in [3.63, 3.8) is 0 Å². The van der Waals surface area contributed by atoms with Crippen molar-refractivity contribution in [3.05, 3.63) is 0 Å². The van der Waals surface area contributed by atoms with Crippen molar-refractivity contribution >= 4 is 0 Å². The molecule has 1 unspecified atom stereocenters. The summed E-state index contributed by atoms with van der Waals surface area (Å²) in [7, 11) is 1.83. The first-order valence-corrected chi connectivity index (χ1v) is 4.15. The largest absolute Gasteiger partial charge is 0.379 e. The molecule has 58 valence electrons. The Morgan fingerprint density at radius 1 is 1.50 bits per heavy atom. The van der Waals surface area contributed by atoms with Gasteiger partial charge < -0.3 is 10.1 Å². The van der Waals surface area contributed by atoms with E-state index in [2.05, 4.69) is 5.32 Å². The highest BCUT2D eigenvalue weighted by Crippen LogP contribution is 2.40. The smallest absolute Gasteiger partial charge is 0.0764 e. The van der Waals surface area contributed by atoms with Crippen LogP contribution in [0.15, 0.2) is 0 Å².